The van der Waals surface area contributed by atoms with E-state index in [1.807, 2.05) is 0 Å². The topological polar surface area (TPSA) is 46.9 Å². The number of hydrogen-bond acceptors (Lipinski definition) is 3. The van der Waals surface area contributed by atoms with Gasteiger partial charge in [0.1, 0.15) is 0 Å². The summed E-state index contributed by atoms with van der Waals surface area (Å²) in [6, 6.07) is 0.189. The van der Waals surface area contributed by atoms with Gasteiger partial charge in [-0.2, -0.15) is 13.2 Å². The van der Waals surface area contributed by atoms with E-state index in [1.165, 1.54) is 10.8 Å². The molecule has 0 radical (unpaired) electrons. The molecule has 0 saturated heterocycles. The molecule has 7 heteroatoms. The second-order valence-corrected chi connectivity index (χ2v) is 4.01. The molecule has 1 aliphatic rings. The van der Waals surface area contributed by atoms with Crippen molar-refractivity contribution < 1.29 is 13.2 Å². The van der Waals surface area contributed by atoms with E-state index >= 15 is 0 Å². The number of alkyl halides is 3. The van der Waals surface area contributed by atoms with Crippen LogP contribution < -0.4 is 10.9 Å². The van der Waals surface area contributed by atoms with Crippen LogP contribution in [0.3, 0.4) is 0 Å². The van der Waals surface area contributed by atoms with Gasteiger partial charge in [-0.15, -0.1) is 0 Å². The van der Waals surface area contributed by atoms with Crippen molar-refractivity contribution in [1.82, 2.24) is 9.55 Å². The number of nitrogens with one attached hydrogen (secondary N) is 1. The van der Waals surface area contributed by atoms with Crippen LogP contribution in [-0.4, -0.2) is 22.3 Å². The van der Waals surface area contributed by atoms with Crippen molar-refractivity contribution in [2.75, 3.05) is 11.9 Å². The Bertz CT molecular complexity index is 451. The normalized spacial score (nSPS) is 15.9. The van der Waals surface area contributed by atoms with Crippen LogP contribution in [0.5, 0.6) is 0 Å². The molecule has 1 heterocycles. The predicted molar refractivity (Wildman–Crippen MR) is 55.9 cm³/mol. The minimum Gasteiger partial charge on any atom is -0.365 e. The van der Waals surface area contributed by atoms with Crippen LogP contribution in [0.4, 0.5) is 19.0 Å². The average molecular weight is 247 g/mol. The molecule has 0 unspecified atom stereocenters. The van der Waals surface area contributed by atoms with Crippen molar-refractivity contribution in [1.29, 1.82) is 0 Å². The molecule has 0 bridgehead atoms. The zero-order chi connectivity index (χ0) is 12.5. The maximum absolute atomic E-state index is 11.9. The second-order valence-electron chi connectivity index (χ2n) is 4.01. The molecule has 4 nitrogen and oxygen atoms in total. The van der Waals surface area contributed by atoms with Crippen molar-refractivity contribution in [3.8, 4) is 0 Å². The van der Waals surface area contributed by atoms with Crippen LogP contribution in [0, 0.1) is 0 Å². The Labute approximate surface area is 95.5 Å². The Morgan fingerprint density at radius 1 is 1.47 bits per heavy atom. The van der Waals surface area contributed by atoms with Gasteiger partial charge in [0, 0.05) is 25.0 Å². The summed E-state index contributed by atoms with van der Waals surface area (Å²) in [5, 5.41) is 2.43. The van der Waals surface area contributed by atoms with Crippen molar-refractivity contribution >= 4 is 5.82 Å². The Kier molecular flexibility index (Phi) is 3.08. The SMILES string of the molecule is O=c1c(NCCC(F)(F)F)nccn1C1CC1. The van der Waals surface area contributed by atoms with Crippen LogP contribution in [0.2, 0.25) is 0 Å². The lowest BCUT2D eigenvalue weighted by molar-refractivity contribution is -0.131. The van der Waals surface area contributed by atoms with Gasteiger partial charge in [0.2, 0.25) is 0 Å². The van der Waals surface area contributed by atoms with Crippen LogP contribution in [-0.2, 0) is 0 Å². The van der Waals surface area contributed by atoms with E-state index in [-0.39, 0.29) is 24.0 Å². The molecule has 1 saturated carbocycles. The molecule has 0 atom stereocenters. The molecule has 1 aliphatic carbocycles. The van der Waals surface area contributed by atoms with Gasteiger partial charge in [0.15, 0.2) is 5.82 Å². The molecule has 0 aromatic carbocycles. The largest absolute Gasteiger partial charge is 0.390 e. The molecule has 1 N–H and O–H groups in total. The smallest absolute Gasteiger partial charge is 0.365 e. The molecule has 1 fully saturated rings. The summed E-state index contributed by atoms with van der Waals surface area (Å²) in [4.78, 5) is 15.5. The monoisotopic (exact) mass is 247 g/mol. The summed E-state index contributed by atoms with van der Waals surface area (Å²) in [6.07, 6.45) is -0.341. The van der Waals surface area contributed by atoms with Crippen LogP contribution in [0.15, 0.2) is 17.2 Å². The van der Waals surface area contributed by atoms with E-state index in [1.54, 1.807) is 6.20 Å². The first-order chi connectivity index (χ1) is 7.97. The van der Waals surface area contributed by atoms with E-state index in [2.05, 4.69) is 10.3 Å². The lowest BCUT2D eigenvalue weighted by Crippen LogP contribution is -2.25. The summed E-state index contributed by atoms with van der Waals surface area (Å²) < 4.78 is 37.3. The molecular weight excluding hydrogens is 235 g/mol. The summed E-state index contributed by atoms with van der Waals surface area (Å²) in [6.45, 7) is -0.333. The number of halogens is 3. The van der Waals surface area contributed by atoms with Gasteiger partial charge < -0.3 is 9.88 Å². The summed E-state index contributed by atoms with van der Waals surface area (Å²) in [5.41, 5.74) is -0.350. The fourth-order valence-corrected chi connectivity index (χ4v) is 1.51. The Balaban J connectivity index is 2.01. The van der Waals surface area contributed by atoms with Crippen molar-refractivity contribution in [2.45, 2.75) is 31.5 Å². The molecule has 2 rings (SSSR count). The molecule has 0 aliphatic heterocycles. The third-order valence-corrected chi connectivity index (χ3v) is 2.51. The lowest BCUT2D eigenvalue weighted by atomic mass is 10.4. The van der Waals surface area contributed by atoms with Crippen LogP contribution in [0.1, 0.15) is 25.3 Å². The minimum absolute atomic E-state index is 0.0105. The Morgan fingerprint density at radius 2 is 2.18 bits per heavy atom. The second kappa shape index (κ2) is 4.38. The number of hydrogen-bond donors (Lipinski definition) is 1. The highest BCUT2D eigenvalue weighted by Crippen LogP contribution is 2.33. The maximum Gasteiger partial charge on any atom is 0.390 e. The van der Waals surface area contributed by atoms with E-state index < -0.39 is 12.6 Å². The molecule has 0 spiro atoms. The van der Waals surface area contributed by atoms with Crippen LogP contribution in [0.25, 0.3) is 0 Å². The molecule has 1 aromatic heterocycles. The predicted octanol–water partition coefficient (Wildman–Crippen LogP) is 1.94. The zero-order valence-corrected chi connectivity index (χ0v) is 9.00. The molecule has 1 aromatic rings. The Hall–Kier alpha value is -1.53. The van der Waals surface area contributed by atoms with Crippen LogP contribution >= 0.6 is 0 Å². The van der Waals surface area contributed by atoms with Crippen molar-refractivity contribution in [2.24, 2.45) is 0 Å². The van der Waals surface area contributed by atoms with E-state index in [0.717, 1.165) is 12.8 Å². The minimum atomic E-state index is -4.22. The average Bonchev–Trinajstić information content (AvgIpc) is 3.02. The summed E-state index contributed by atoms with van der Waals surface area (Å²) >= 11 is 0. The number of aromatic nitrogens is 2. The fraction of sp³-hybridized carbons (Fsp3) is 0.600. The zero-order valence-electron chi connectivity index (χ0n) is 9.00. The van der Waals surface area contributed by atoms with Crippen molar-refractivity contribution in [3.05, 3.63) is 22.7 Å². The number of rotatable bonds is 4. The number of anilines is 1. The highest BCUT2D eigenvalue weighted by Gasteiger charge is 2.27. The van der Waals surface area contributed by atoms with Gasteiger partial charge in [-0.25, -0.2) is 4.98 Å². The quantitative estimate of drug-likeness (QED) is 0.884. The van der Waals surface area contributed by atoms with E-state index in [0.29, 0.717) is 0 Å². The first-order valence-corrected chi connectivity index (χ1v) is 5.35. The molecule has 17 heavy (non-hydrogen) atoms. The van der Waals surface area contributed by atoms with Gasteiger partial charge in [-0.3, -0.25) is 4.79 Å². The molecule has 0 amide bonds. The third-order valence-electron chi connectivity index (χ3n) is 2.51. The van der Waals surface area contributed by atoms with Gasteiger partial charge in [0.25, 0.3) is 5.56 Å². The Morgan fingerprint density at radius 3 is 2.76 bits per heavy atom. The summed E-state index contributed by atoms with van der Waals surface area (Å²) in [5.74, 6) is -0.0105. The molecular formula is C10H12F3N3O. The standard InChI is InChI=1S/C10H12F3N3O/c11-10(12,13)3-4-14-8-9(17)16(6-5-15-8)7-1-2-7/h5-7H,1-4H2,(H,14,15). The highest BCUT2D eigenvalue weighted by atomic mass is 19.4. The first-order valence-electron chi connectivity index (χ1n) is 5.35. The fourth-order valence-electron chi connectivity index (χ4n) is 1.51. The van der Waals surface area contributed by atoms with Gasteiger partial charge in [-0.1, -0.05) is 0 Å². The van der Waals surface area contributed by atoms with Gasteiger partial charge in [0.05, 0.1) is 6.42 Å². The lowest BCUT2D eigenvalue weighted by Gasteiger charge is -2.09. The first kappa shape index (κ1) is 11.9. The van der Waals surface area contributed by atoms with E-state index in [9.17, 15) is 18.0 Å². The third kappa shape index (κ3) is 3.21. The number of nitrogens with zero attached hydrogens (tertiary/aromatic N) is 2. The summed E-state index contributed by atoms with van der Waals surface area (Å²) in [7, 11) is 0. The highest BCUT2D eigenvalue weighted by molar-refractivity contribution is 5.31. The van der Waals surface area contributed by atoms with Gasteiger partial charge >= 0.3 is 6.18 Å². The van der Waals surface area contributed by atoms with Gasteiger partial charge in [-0.05, 0) is 12.8 Å². The van der Waals surface area contributed by atoms with Crippen molar-refractivity contribution in [3.63, 3.8) is 0 Å². The van der Waals surface area contributed by atoms with E-state index in [4.69, 9.17) is 0 Å². The maximum atomic E-state index is 11.9. The molecule has 94 valence electrons.